The van der Waals surface area contributed by atoms with Crippen molar-refractivity contribution in [2.75, 3.05) is 13.2 Å². The van der Waals surface area contributed by atoms with Crippen molar-refractivity contribution in [3.05, 3.63) is 29.8 Å². The van der Waals surface area contributed by atoms with Crippen LogP contribution in [0.25, 0.3) is 0 Å². The van der Waals surface area contributed by atoms with E-state index in [1.807, 2.05) is 31.2 Å². The highest BCUT2D eigenvalue weighted by Gasteiger charge is 2.50. The van der Waals surface area contributed by atoms with Crippen molar-refractivity contribution in [3.63, 3.8) is 0 Å². The molecule has 2 rings (SSSR count). The van der Waals surface area contributed by atoms with Crippen LogP contribution in [0.3, 0.4) is 0 Å². The quantitative estimate of drug-likeness (QED) is 0.813. The van der Waals surface area contributed by atoms with E-state index < -0.39 is 24.4 Å². The minimum Gasteiger partial charge on any atom is -0.494 e. The molecular weight excluding hydrogens is 268 g/mol. The van der Waals surface area contributed by atoms with Crippen LogP contribution in [0.5, 0.6) is 5.75 Å². The molecule has 1 saturated heterocycles. The van der Waals surface area contributed by atoms with Gasteiger partial charge in [-0.05, 0) is 24.6 Å². The molecule has 1 fully saturated rings. The zero-order valence-electron chi connectivity index (χ0n) is 11.2. The van der Waals surface area contributed by atoms with Gasteiger partial charge in [-0.1, -0.05) is 12.1 Å². The van der Waals surface area contributed by atoms with Crippen LogP contribution in [0.4, 0.5) is 8.78 Å². The largest absolute Gasteiger partial charge is 0.494 e. The SMILES string of the molecule is CCOc1cccc(CNCC2CC(F)(F)C(=O)O2)c1. The lowest BCUT2D eigenvalue weighted by atomic mass is 10.2. The summed E-state index contributed by atoms with van der Waals surface area (Å²) in [5, 5.41) is 3.01. The molecule has 1 aromatic carbocycles. The molecule has 0 radical (unpaired) electrons. The van der Waals surface area contributed by atoms with Gasteiger partial charge < -0.3 is 14.8 Å². The number of carbonyl (C=O) groups excluding carboxylic acids is 1. The van der Waals surface area contributed by atoms with E-state index in [0.29, 0.717) is 13.2 Å². The third-order valence-electron chi connectivity index (χ3n) is 2.97. The predicted molar refractivity (Wildman–Crippen MR) is 68.8 cm³/mol. The first-order chi connectivity index (χ1) is 9.51. The molecule has 6 heteroatoms. The molecule has 110 valence electrons. The maximum atomic E-state index is 13.0. The molecule has 0 saturated carbocycles. The summed E-state index contributed by atoms with van der Waals surface area (Å²) < 4.78 is 35.9. The monoisotopic (exact) mass is 285 g/mol. The van der Waals surface area contributed by atoms with E-state index in [9.17, 15) is 13.6 Å². The number of benzene rings is 1. The van der Waals surface area contributed by atoms with Gasteiger partial charge in [0.25, 0.3) is 0 Å². The fourth-order valence-corrected chi connectivity index (χ4v) is 2.05. The highest BCUT2D eigenvalue weighted by atomic mass is 19.3. The molecule has 1 N–H and O–H groups in total. The van der Waals surface area contributed by atoms with Gasteiger partial charge in [-0.3, -0.25) is 0 Å². The normalized spacial score (nSPS) is 20.8. The van der Waals surface area contributed by atoms with Gasteiger partial charge in [0.2, 0.25) is 0 Å². The Hall–Kier alpha value is -1.69. The number of alkyl halides is 2. The first kappa shape index (κ1) is 14.7. The van der Waals surface area contributed by atoms with Crippen LogP contribution in [0, 0.1) is 0 Å². The summed E-state index contributed by atoms with van der Waals surface area (Å²) in [6.07, 6.45) is -1.33. The standard InChI is InChI=1S/C14H17F2NO3/c1-2-19-11-5-3-4-10(6-11)8-17-9-12-7-14(15,16)13(18)20-12/h3-6,12,17H,2,7-9H2,1H3. The molecule has 0 aliphatic carbocycles. The third kappa shape index (κ3) is 3.66. The number of carbonyl (C=O) groups is 1. The average molecular weight is 285 g/mol. The van der Waals surface area contributed by atoms with Gasteiger partial charge in [-0.25, -0.2) is 4.79 Å². The summed E-state index contributed by atoms with van der Waals surface area (Å²) in [5.74, 6) is -4.01. The van der Waals surface area contributed by atoms with Crippen molar-refractivity contribution in [2.24, 2.45) is 0 Å². The molecular formula is C14H17F2NO3. The molecule has 1 aromatic rings. The summed E-state index contributed by atoms with van der Waals surface area (Å²) in [4.78, 5) is 10.8. The van der Waals surface area contributed by atoms with Crippen LogP contribution >= 0.6 is 0 Å². The molecule has 0 spiro atoms. The molecule has 1 atom stereocenters. The van der Waals surface area contributed by atoms with Gasteiger partial charge in [-0.15, -0.1) is 0 Å². The Kier molecular flexibility index (Phi) is 4.54. The Balaban J connectivity index is 1.79. The number of rotatable bonds is 6. The minimum absolute atomic E-state index is 0.209. The summed E-state index contributed by atoms with van der Waals surface area (Å²) in [7, 11) is 0. The number of esters is 1. The van der Waals surface area contributed by atoms with Gasteiger partial charge in [0.1, 0.15) is 11.9 Å². The lowest BCUT2D eigenvalue weighted by Crippen LogP contribution is -2.26. The van der Waals surface area contributed by atoms with Gasteiger partial charge in [0.05, 0.1) is 13.0 Å². The first-order valence-corrected chi connectivity index (χ1v) is 6.52. The summed E-state index contributed by atoms with van der Waals surface area (Å²) in [6, 6.07) is 7.51. The van der Waals surface area contributed by atoms with Crippen molar-refractivity contribution in [2.45, 2.75) is 31.9 Å². The van der Waals surface area contributed by atoms with Crippen LogP contribution in [0.15, 0.2) is 24.3 Å². The highest BCUT2D eigenvalue weighted by Crippen LogP contribution is 2.30. The number of nitrogens with one attached hydrogen (secondary N) is 1. The zero-order valence-corrected chi connectivity index (χ0v) is 11.2. The van der Waals surface area contributed by atoms with Gasteiger partial charge in [0.15, 0.2) is 0 Å². The van der Waals surface area contributed by atoms with E-state index in [1.165, 1.54) is 0 Å². The zero-order chi connectivity index (χ0) is 14.6. The second-order valence-corrected chi connectivity index (χ2v) is 4.65. The molecule has 4 nitrogen and oxygen atoms in total. The van der Waals surface area contributed by atoms with Gasteiger partial charge >= 0.3 is 11.9 Å². The molecule has 0 bridgehead atoms. The van der Waals surface area contributed by atoms with Crippen LogP contribution in [0.2, 0.25) is 0 Å². The summed E-state index contributed by atoms with van der Waals surface area (Å²) >= 11 is 0. The number of ether oxygens (including phenoxy) is 2. The summed E-state index contributed by atoms with van der Waals surface area (Å²) in [6.45, 7) is 3.20. The van der Waals surface area contributed by atoms with Crippen LogP contribution < -0.4 is 10.1 Å². The van der Waals surface area contributed by atoms with Crippen molar-refractivity contribution in [3.8, 4) is 5.75 Å². The maximum absolute atomic E-state index is 13.0. The maximum Gasteiger partial charge on any atom is 0.377 e. The van der Waals surface area contributed by atoms with E-state index >= 15 is 0 Å². The Morgan fingerprint density at radius 3 is 2.95 bits per heavy atom. The van der Waals surface area contributed by atoms with E-state index in [-0.39, 0.29) is 6.54 Å². The highest BCUT2D eigenvalue weighted by molar-refractivity contribution is 5.79. The van der Waals surface area contributed by atoms with Gasteiger partial charge in [-0.2, -0.15) is 8.78 Å². The fraction of sp³-hybridized carbons (Fsp3) is 0.500. The van der Waals surface area contributed by atoms with Crippen molar-refractivity contribution < 1.29 is 23.0 Å². The molecule has 1 heterocycles. The number of halogens is 2. The van der Waals surface area contributed by atoms with E-state index in [1.54, 1.807) is 0 Å². The molecule has 0 amide bonds. The van der Waals surface area contributed by atoms with E-state index in [4.69, 9.17) is 4.74 Å². The first-order valence-electron chi connectivity index (χ1n) is 6.52. The second kappa shape index (κ2) is 6.17. The Morgan fingerprint density at radius 1 is 1.50 bits per heavy atom. The lowest BCUT2D eigenvalue weighted by Gasteiger charge is -2.11. The van der Waals surface area contributed by atoms with Gasteiger partial charge in [0, 0.05) is 13.1 Å². The van der Waals surface area contributed by atoms with Crippen molar-refractivity contribution in [1.29, 1.82) is 0 Å². The third-order valence-corrected chi connectivity index (χ3v) is 2.97. The van der Waals surface area contributed by atoms with E-state index in [2.05, 4.69) is 10.1 Å². The Bertz CT molecular complexity index is 479. The number of hydrogen-bond donors (Lipinski definition) is 1. The molecule has 1 aliphatic rings. The topological polar surface area (TPSA) is 47.6 Å². The van der Waals surface area contributed by atoms with Crippen LogP contribution in [-0.2, 0) is 16.1 Å². The molecule has 1 aliphatic heterocycles. The second-order valence-electron chi connectivity index (χ2n) is 4.65. The minimum atomic E-state index is -3.35. The molecule has 0 aromatic heterocycles. The Morgan fingerprint density at radius 2 is 2.30 bits per heavy atom. The van der Waals surface area contributed by atoms with Crippen LogP contribution in [0.1, 0.15) is 18.9 Å². The van der Waals surface area contributed by atoms with Crippen molar-refractivity contribution in [1.82, 2.24) is 5.32 Å². The average Bonchev–Trinajstić information content (AvgIpc) is 2.64. The number of hydrogen-bond acceptors (Lipinski definition) is 4. The summed E-state index contributed by atoms with van der Waals surface area (Å²) in [5.41, 5.74) is 0.979. The molecule has 1 unspecified atom stereocenters. The Labute approximate surface area is 116 Å². The predicted octanol–water partition coefficient (Wildman–Crippen LogP) is 2.13. The number of cyclic esters (lactones) is 1. The van der Waals surface area contributed by atoms with E-state index in [0.717, 1.165) is 11.3 Å². The van der Waals surface area contributed by atoms with Crippen LogP contribution in [-0.4, -0.2) is 31.1 Å². The lowest BCUT2D eigenvalue weighted by molar-refractivity contribution is -0.159. The van der Waals surface area contributed by atoms with Crippen molar-refractivity contribution >= 4 is 5.97 Å². The molecule has 20 heavy (non-hydrogen) atoms. The smallest absolute Gasteiger partial charge is 0.377 e. The fourth-order valence-electron chi connectivity index (χ4n) is 2.05.